The van der Waals surface area contributed by atoms with Crippen molar-refractivity contribution in [1.82, 2.24) is 10.2 Å². The van der Waals surface area contributed by atoms with E-state index in [9.17, 15) is 18.0 Å². The Labute approximate surface area is 270 Å². The molecule has 0 heterocycles. The van der Waals surface area contributed by atoms with Crippen LogP contribution in [0.5, 0.6) is 5.75 Å². The van der Waals surface area contributed by atoms with E-state index in [2.05, 4.69) is 5.32 Å². The molecule has 11 heteroatoms. The molecule has 3 aromatic rings. The third-order valence-electron chi connectivity index (χ3n) is 7.98. The number of aryl methyl sites for hydroxylation is 1. The Morgan fingerprint density at radius 2 is 1.57 bits per heavy atom. The molecule has 0 bridgehead atoms. The van der Waals surface area contributed by atoms with Gasteiger partial charge in [-0.15, -0.1) is 0 Å². The predicted molar refractivity (Wildman–Crippen MR) is 175 cm³/mol. The molecule has 1 aliphatic rings. The Hall–Kier alpha value is -3.27. The van der Waals surface area contributed by atoms with E-state index in [0.717, 1.165) is 42.0 Å². The molecular weight excluding hydrogens is 621 g/mol. The lowest BCUT2D eigenvalue weighted by atomic mass is 9.95. The van der Waals surface area contributed by atoms with E-state index in [1.54, 1.807) is 54.6 Å². The van der Waals surface area contributed by atoms with Crippen LogP contribution in [0.2, 0.25) is 10.0 Å². The van der Waals surface area contributed by atoms with Gasteiger partial charge in [-0.2, -0.15) is 0 Å². The maximum atomic E-state index is 14.3. The van der Waals surface area contributed by atoms with Crippen molar-refractivity contribution in [3.63, 3.8) is 0 Å². The minimum atomic E-state index is -4.19. The first-order valence-electron chi connectivity index (χ1n) is 14.8. The zero-order valence-corrected chi connectivity index (χ0v) is 27.6. The van der Waals surface area contributed by atoms with Crippen molar-refractivity contribution in [1.29, 1.82) is 0 Å². The van der Waals surface area contributed by atoms with Crippen LogP contribution < -0.4 is 14.4 Å². The number of carbonyl (C=O) groups is 2. The quantitative estimate of drug-likeness (QED) is 0.232. The molecule has 3 aromatic carbocycles. The summed E-state index contributed by atoms with van der Waals surface area (Å²) in [6.07, 6.45) is 5.27. The first-order chi connectivity index (χ1) is 21.0. The van der Waals surface area contributed by atoms with Crippen LogP contribution in [0.3, 0.4) is 0 Å². The topological polar surface area (TPSA) is 96.0 Å². The summed E-state index contributed by atoms with van der Waals surface area (Å²) in [5.41, 5.74) is 1.65. The molecule has 236 valence electrons. The van der Waals surface area contributed by atoms with Crippen molar-refractivity contribution in [2.24, 2.45) is 0 Å². The summed E-state index contributed by atoms with van der Waals surface area (Å²) in [5.74, 6) is -0.320. The summed E-state index contributed by atoms with van der Waals surface area (Å²) in [6.45, 7) is 3.05. The normalized spacial score (nSPS) is 14.5. The van der Waals surface area contributed by atoms with Crippen LogP contribution in [0.25, 0.3) is 0 Å². The monoisotopic (exact) mass is 659 g/mol. The van der Waals surface area contributed by atoms with Crippen molar-refractivity contribution < 1.29 is 22.7 Å². The van der Waals surface area contributed by atoms with Crippen LogP contribution in [0.15, 0.2) is 71.6 Å². The summed E-state index contributed by atoms with van der Waals surface area (Å²) in [4.78, 5) is 29.5. The second-order valence-corrected chi connectivity index (χ2v) is 13.7. The van der Waals surface area contributed by atoms with Gasteiger partial charge in [-0.3, -0.25) is 13.9 Å². The highest BCUT2D eigenvalue weighted by Crippen LogP contribution is 2.30. The molecule has 0 saturated heterocycles. The van der Waals surface area contributed by atoms with Crippen molar-refractivity contribution in [3.05, 3.63) is 87.9 Å². The third-order valence-corrected chi connectivity index (χ3v) is 10.5. The van der Waals surface area contributed by atoms with Gasteiger partial charge in [0.2, 0.25) is 11.8 Å². The number of nitrogens with zero attached hydrogens (tertiary/aromatic N) is 2. The molecule has 0 radical (unpaired) electrons. The Bertz CT molecular complexity index is 1520. The molecule has 0 aliphatic heterocycles. The molecular formula is C33H39Cl2N3O5S. The van der Waals surface area contributed by atoms with E-state index in [4.69, 9.17) is 27.9 Å². The van der Waals surface area contributed by atoms with Crippen molar-refractivity contribution >= 4 is 50.7 Å². The van der Waals surface area contributed by atoms with Gasteiger partial charge in [0.25, 0.3) is 10.0 Å². The largest absolute Gasteiger partial charge is 0.497 e. The van der Waals surface area contributed by atoms with Gasteiger partial charge in [-0.25, -0.2) is 8.42 Å². The molecule has 4 rings (SSSR count). The molecule has 1 N–H and O–H groups in total. The van der Waals surface area contributed by atoms with Crippen molar-refractivity contribution in [2.45, 2.75) is 75.9 Å². The van der Waals surface area contributed by atoms with Crippen LogP contribution in [0.4, 0.5) is 5.69 Å². The number of sulfonamides is 1. The predicted octanol–water partition coefficient (Wildman–Crippen LogP) is 6.76. The summed E-state index contributed by atoms with van der Waals surface area (Å²) >= 11 is 13.0. The Kier molecular flexibility index (Phi) is 11.6. The molecule has 8 nitrogen and oxygen atoms in total. The van der Waals surface area contributed by atoms with E-state index in [1.165, 1.54) is 24.1 Å². The number of carbonyl (C=O) groups excluding carboxylic acids is 2. The number of benzene rings is 3. The third kappa shape index (κ3) is 8.06. The van der Waals surface area contributed by atoms with E-state index in [1.807, 2.05) is 13.8 Å². The van der Waals surface area contributed by atoms with Gasteiger partial charge < -0.3 is 15.0 Å². The highest BCUT2D eigenvalue weighted by molar-refractivity contribution is 7.92. The van der Waals surface area contributed by atoms with Gasteiger partial charge in [0, 0.05) is 28.2 Å². The number of amides is 2. The number of halogens is 2. The second kappa shape index (κ2) is 15.1. The van der Waals surface area contributed by atoms with Crippen molar-refractivity contribution in [2.75, 3.05) is 18.0 Å². The number of methoxy groups -OCH3 is 1. The van der Waals surface area contributed by atoms with Crippen LogP contribution in [-0.4, -0.2) is 50.9 Å². The summed E-state index contributed by atoms with van der Waals surface area (Å²) < 4.78 is 34.4. The smallest absolute Gasteiger partial charge is 0.264 e. The Morgan fingerprint density at radius 1 is 0.955 bits per heavy atom. The number of nitrogens with one attached hydrogen (secondary N) is 1. The fourth-order valence-corrected chi connectivity index (χ4v) is 7.36. The Morgan fingerprint density at radius 3 is 2.14 bits per heavy atom. The number of hydrogen-bond acceptors (Lipinski definition) is 5. The lowest BCUT2D eigenvalue weighted by molar-refractivity contribution is -0.140. The molecule has 44 heavy (non-hydrogen) atoms. The van der Waals surface area contributed by atoms with Crippen LogP contribution in [0, 0.1) is 6.92 Å². The number of anilines is 1. The molecule has 0 aromatic heterocycles. The highest BCUT2D eigenvalue weighted by atomic mass is 35.5. The van der Waals surface area contributed by atoms with E-state index in [0.29, 0.717) is 27.8 Å². The highest BCUT2D eigenvalue weighted by Gasteiger charge is 2.35. The van der Waals surface area contributed by atoms with Gasteiger partial charge >= 0.3 is 0 Å². The van der Waals surface area contributed by atoms with Crippen LogP contribution >= 0.6 is 23.2 Å². The fourth-order valence-electron chi connectivity index (χ4n) is 5.43. The summed E-state index contributed by atoms with van der Waals surface area (Å²) in [6, 6.07) is 17.0. The molecule has 0 unspecified atom stereocenters. The van der Waals surface area contributed by atoms with Crippen molar-refractivity contribution in [3.8, 4) is 5.75 Å². The van der Waals surface area contributed by atoms with Gasteiger partial charge in [0.05, 0.1) is 17.7 Å². The van der Waals surface area contributed by atoms with Crippen LogP contribution in [0.1, 0.15) is 56.6 Å². The van der Waals surface area contributed by atoms with E-state index in [-0.39, 0.29) is 29.1 Å². The van der Waals surface area contributed by atoms with Gasteiger partial charge in [0.1, 0.15) is 18.3 Å². The maximum absolute atomic E-state index is 14.3. The zero-order valence-electron chi connectivity index (χ0n) is 25.3. The zero-order chi connectivity index (χ0) is 31.9. The first-order valence-corrected chi connectivity index (χ1v) is 17.0. The maximum Gasteiger partial charge on any atom is 0.264 e. The number of ether oxygens (including phenoxy) is 1. The molecule has 1 aliphatic carbocycles. The summed E-state index contributed by atoms with van der Waals surface area (Å²) in [5, 5.41) is 3.82. The van der Waals surface area contributed by atoms with Gasteiger partial charge in [0.15, 0.2) is 0 Å². The van der Waals surface area contributed by atoms with E-state index < -0.39 is 28.5 Å². The average molecular weight is 661 g/mol. The van der Waals surface area contributed by atoms with E-state index >= 15 is 0 Å². The molecule has 0 spiro atoms. The molecule has 1 fully saturated rings. The summed E-state index contributed by atoms with van der Waals surface area (Å²) in [7, 11) is -2.68. The Balaban J connectivity index is 1.74. The lowest BCUT2D eigenvalue weighted by Gasteiger charge is -2.34. The van der Waals surface area contributed by atoms with Gasteiger partial charge in [-0.1, -0.05) is 73.2 Å². The fraction of sp³-hybridized carbons (Fsp3) is 0.394. The standard InChI is InChI=1S/C33H39Cl2N3O5S/c1-4-31(33(40)36-24-9-6-5-7-10-24)37(21-28-29(34)11-8-12-30(28)35)32(39)22-38(25-15-17-26(43-3)18-16-25)44(41,42)27-19-13-23(2)14-20-27/h8,11-20,24,31H,4-7,9-10,21-22H2,1-3H3,(H,36,40)/t31-/m1/s1. The number of rotatable bonds is 12. The van der Waals surface area contributed by atoms with Gasteiger partial charge in [-0.05, 0) is 74.7 Å². The molecule has 1 saturated carbocycles. The minimum Gasteiger partial charge on any atom is -0.497 e. The minimum absolute atomic E-state index is 0.0314. The first kappa shape index (κ1) is 33.6. The lowest BCUT2D eigenvalue weighted by Crippen LogP contribution is -2.54. The number of hydrogen-bond donors (Lipinski definition) is 1. The van der Waals surface area contributed by atoms with Crippen LogP contribution in [-0.2, 0) is 26.2 Å². The molecule has 2 amide bonds. The second-order valence-electron chi connectivity index (χ2n) is 11.0. The average Bonchev–Trinajstić information content (AvgIpc) is 3.01. The molecule has 1 atom stereocenters. The SMILES string of the molecule is CC[C@H](C(=O)NC1CCCCC1)N(Cc1c(Cl)cccc1Cl)C(=O)CN(c1ccc(OC)cc1)S(=O)(=O)c1ccc(C)cc1.